The maximum absolute atomic E-state index is 12.6. The van der Waals surface area contributed by atoms with Gasteiger partial charge in [0.05, 0.1) is 5.41 Å². The van der Waals surface area contributed by atoms with E-state index in [1.165, 1.54) is 10.4 Å². The van der Waals surface area contributed by atoms with Crippen molar-refractivity contribution in [3.05, 3.63) is 58.3 Å². The number of carboxylic acid groups (broad SMARTS) is 1. The number of likely N-dealkylation sites (tertiary alicyclic amines) is 1. The van der Waals surface area contributed by atoms with E-state index in [2.05, 4.69) is 52.0 Å². The van der Waals surface area contributed by atoms with Crippen LogP contribution in [0, 0.1) is 5.41 Å². The number of halogens is 3. The summed E-state index contributed by atoms with van der Waals surface area (Å²) in [7, 11) is 0. The van der Waals surface area contributed by atoms with E-state index in [1.54, 1.807) is 11.3 Å². The number of aliphatic carboxylic acids is 1. The Kier molecular flexibility index (Phi) is 6.28. The van der Waals surface area contributed by atoms with E-state index >= 15 is 0 Å². The fourth-order valence-corrected chi connectivity index (χ4v) is 4.78. The van der Waals surface area contributed by atoms with Crippen molar-refractivity contribution in [3.8, 4) is 0 Å². The van der Waals surface area contributed by atoms with Gasteiger partial charge in [0.1, 0.15) is 0 Å². The first-order chi connectivity index (χ1) is 13.7. The molecule has 0 saturated carbocycles. The van der Waals surface area contributed by atoms with Gasteiger partial charge >= 0.3 is 12.1 Å². The van der Waals surface area contributed by atoms with Gasteiger partial charge in [-0.2, -0.15) is 13.2 Å². The van der Waals surface area contributed by atoms with Crippen molar-refractivity contribution in [2.45, 2.75) is 25.1 Å². The fraction of sp³-hybridized carbons (Fsp3) is 0.400. The van der Waals surface area contributed by atoms with Crippen LogP contribution in [0.1, 0.15) is 22.8 Å². The highest BCUT2D eigenvalue weighted by molar-refractivity contribution is 7.09. The summed E-state index contributed by atoms with van der Waals surface area (Å²) >= 11 is 1.80. The quantitative estimate of drug-likeness (QED) is 0.789. The third-order valence-corrected chi connectivity index (χ3v) is 6.19. The van der Waals surface area contributed by atoms with Gasteiger partial charge in [0.25, 0.3) is 0 Å². The Bertz CT molecular complexity index is 842. The Labute approximate surface area is 170 Å². The van der Waals surface area contributed by atoms with Crippen molar-refractivity contribution in [1.29, 1.82) is 0 Å². The Hall–Kier alpha value is -2.39. The number of rotatable bonds is 3. The van der Waals surface area contributed by atoms with E-state index in [-0.39, 0.29) is 11.3 Å². The number of hydrogen-bond donors (Lipinski definition) is 2. The molecule has 0 radical (unpaired) electrons. The Morgan fingerprint density at radius 3 is 2.45 bits per heavy atom. The maximum Gasteiger partial charge on any atom is 0.490 e. The van der Waals surface area contributed by atoms with Crippen molar-refractivity contribution in [2.24, 2.45) is 5.41 Å². The normalized spacial score (nSPS) is 24.2. The van der Waals surface area contributed by atoms with Crippen LogP contribution in [0.4, 0.5) is 13.2 Å². The van der Waals surface area contributed by atoms with E-state index in [0.29, 0.717) is 5.92 Å². The van der Waals surface area contributed by atoms with Crippen LogP contribution in [0.25, 0.3) is 0 Å². The average Bonchev–Trinajstić information content (AvgIpc) is 3.39. The van der Waals surface area contributed by atoms with Gasteiger partial charge < -0.3 is 10.4 Å². The molecule has 1 aromatic carbocycles. The van der Waals surface area contributed by atoms with Gasteiger partial charge in [-0.15, -0.1) is 11.3 Å². The minimum atomic E-state index is -5.08. The van der Waals surface area contributed by atoms with E-state index in [9.17, 15) is 18.0 Å². The summed E-state index contributed by atoms with van der Waals surface area (Å²) in [5.41, 5.74) is 1.06. The maximum atomic E-state index is 12.6. The zero-order chi connectivity index (χ0) is 21.1. The SMILES string of the molecule is O=C(O)C(F)(F)F.O=C1NCC[C@]12CN(Cc1cccs1)C[C@H]2c1ccccc1. The summed E-state index contributed by atoms with van der Waals surface area (Å²) < 4.78 is 31.7. The van der Waals surface area contributed by atoms with E-state index in [0.717, 1.165) is 32.6 Å². The second-order valence-electron chi connectivity index (χ2n) is 7.18. The van der Waals surface area contributed by atoms with Crippen LogP contribution in [-0.2, 0) is 16.1 Å². The molecule has 2 N–H and O–H groups in total. The second kappa shape index (κ2) is 8.54. The molecule has 0 unspecified atom stereocenters. The molecule has 3 heterocycles. The van der Waals surface area contributed by atoms with Crippen molar-refractivity contribution in [3.63, 3.8) is 0 Å². The summed E-state index contributed by atoms with van der Waals surface area (Å²) in [4.78, 5) is 25.3. The van der Waals surface area contributed by atoms with Crippen LogP contribution >= 0.6 is 11.3 Å². The Morgan fingerprint density at radius 2 is 1.93 bits per heavy atom. The minimum absolute atomic E-state index is 0.237. The molecule has 156 valence electrons. The lowest BCUT2D eigenvalue weighted by atomic mass is 9.73. The van der Waals surface area contributed by atoms with E-state index in [4.69, 9.17) is 9.90 Å². The molecular formula is C20H21F3N2O3S. The smallest absolute Gasteiger partial charge is 0.475 e. The number of thiophene rings is 1. The van der Waals surface area contributed by atoms with Crippen LogP contribution < -0.4 is 5.32 Å². The number of carbonyl (C=O) groups is 2. The highest BCUT2D eigenvalue weighted by Gasteiger charge is 2.54. The van der Waals surface area contributed by atoms with Crippen molar-refractivity contribution < 1.29 is 27.9 Å². The average molecular weight is 426 g/mol. The fourth-order valence-electron chi connectivity index (χ4n) is 4.03. The van der Waals surface area contributed by atoms with Crippen LogP contribution in [0.3, 0.4) is 0 Å². The molecule has 2 aliphatic rings. The first-order valence-electron chi connectivity index (χ1n) is 9.10. The molecule has 4 rings (SSSR count). The van der Waals surface area contributed by atoms with E-state index in [1.807, 2.05) is 6.07 Å². The van der Waals surface area contributed by atoms with Gasteiger partial charge in [-0.3, -0.25) is 9.69 Å². The summed E-state index contributed by atoms with van der Waals surface area (Å²) in [5.74, 6) is -2.21. The number of nitrogens with zero attached hydrogens (tertiary/aromatic N) is 1. The first-order valence-corrected chi connectivity index (χ1v) is 9.98. The van der Waals surface area contributed by atoms with Crippen molar-refractivity contribution in [1.82, 2.24) is 10.2 Å². The van der Waals surface area contributed by atoms with Crippen LogP contribution in [0.15, 0.2) is 47.8 Å². The minimum Gasteiger partial charge on any atom is -0.475 e. The summed E-state index contributed by atoms with van der Waals surface area (Å²) in [5, 5.41) is 12.3. The Balaban J connectivity index is 0.000000298. The molecule has 9 heteroatoms. The predicted octanol–water partition coefficient (Wildman–Crippen LogP) is 3.49. The molecule has 2 aliphatic heterocycles. The van der Waals surface area contributed by atoms with Gasteiger partial charge in [-0.25, -0.2) is 4.79 Å². The molecule has 1 aromatic heterocycles. The van der Waals surface area contributed by atoms with Crippen LogP contribution in [0.2, 0.25) is 0 Å². The monoisotopic (exact) mass is 426 g/mol. The molecule has 5 nitrogen and oxygen atoms in total. The third-order valence-electron chi connectivity index (χ3n) is 5.33. The largest absolute Gasteiger partial charge is 0.490 e. The Morgan fingerprint density at radius 1 is 1.24 bits per heavy atom. The zero-order valence-corrected chi connectivity index (χ0v) is 16.3. The van der Waals surface area contributed by atoms with Gasteiger partial charge in [0, 0.05) is 37.0 Å². The third kappa shape index (κ3) is 4.79. The zero-order valence-electron chi connectivity index (χ0n) is 15.5. The molecule has 1 amide bonds. The number of carboxylic acids is 1. The molecular weight excluding hydrogens is 405 g/mol. The number of nitrogens with one attached hydrogen (secondary N) is 1. The highest BCUT2D eigenvalue weighted by Crippen LogP contribution is 2.48. The van der Waals surface area contributed by atoms with Crippen LogP contribution in [0.5, 0.6) is 0 Å². The second-order valence-corrected chi connectivity index (χ2v) is 8.21. The lowest BCUT2D eigenvalue weighted by Crippen LogP contribution is -2.37. The van der Waals surface area contributed by atoms with Gasteiger partial charge in [0.15, 0.2) is 0 Å². The van der Waals surface area contributed by atoms with Gasteiger partial charge in [-0.1, -0.05) is 36.4 Å². The summed E-state index contributed by atoms with van der Waals surface area (Å²) in [6.45, 7) is 3.61. The van der Waals surface area contributed by atoms with Crippen molar-refractivity contribution >= 4 is 23.2 Å². The lowest BCUT2D eigenvalue weighted by Gasteiger charge is -2.27. The van der Waals surface area contributed by atoms with Gasteiger partial charge in [0.2, 0.25) is 5.91 Å². The molecule has 2 aromatic rings. The number of benzene rings is 1. The van der Waals surface area contributed by atoms with E-state index < -0.39 is 12.1 Å². The first kappa shape index (κ1) is 21.3. The molecule has 2 atom stereocenters. The summed E-state index contributed by atoms with van der Waals surface area (Å²) in [6, 6.07) is 14.8. The molecule has 29 heavy (non-hydrogen) atoms. The molecule has 0 bridgehead atoms. The van der Waals surface area contributed by atoms with Crippen LogP contribution in [-0.4, -0.2) is 47.7 Å². The number of amides is 1. The van der Waals surface area contributed by atoms with Crippen molar-refractivity contribution in [2.75, 3.05) is 19.6 Å². The number of hydrogen-bond acceptors (Lipinski definition) is 4. The number of alkyl halides is 3. The lowest BCUT2D eigenvalue weighted by molar-refractivity contribution is -0.192. The summed E-state index contributed by atoms with van der Waals surface area (Å²) in [6.07, 6.45) is -4.13. The molecule has 1 spiro atoms. The standard InChI is InChI=1S/C18H20N2OS.C2HF3O2/c21-17-18(8-9-19-17)13-20(11-15-7-4-10-22-15)12-16(18)14-5-2-1-3-6-14;3-2(4,5)1(6)7/h1-7,10,16H,8-9,11-13H2,(H,19,21);(H,6,7)/t16-,18+;/m0./s1. The molecule has 2 fully saturated rings. The molecule has 0 aliphatic carbocycles. The number of carbonyl (C=O) groups excluding carboxylic acids is 1. The van der Waals surface area contributed by atoms with Gasteiger partial charge in [-0.05, 0) is 23.4 Å². The topological polar surface area (TPSA) is 69.6 Å². The highest BCUT2D eigenvalue weighted by atomic mass is 32.1. The predicted molar refractivity (Wildman–Crippen MR) is 103 cm³/mol. The molecule has 2 saturated heterocycles.